The van der Waals surface area contributed by atoms with Crippen molar-refractivity contribution in [1.82, 2.24) is 4.90 Å². The fraction of sp³-hybridized carbons (Fsp3) is 0.300. The summed E-state index contributed by atoms with van der Waals surface area (Å²) in [5.41, 5.74) is 2.03. The van der Waals surface area contributed by atoms with Crippen molar-refractivity contribution in [3.8, 4) is 0 Å². The van der Waals surface area contributed by atoms with Gasteiger partial charge in [0, 0.05) is 29.4 Å². The van der Waals surface area contributed by atoms with Crippen molar-refractivity contribution in [1.29, 1.82) is 5.41 Å². The molecular formula is C30H38ClFN4O2. The Balaban J connectivity index is 0.000000607. The number of carbonyl (C=O) groups excluding carboxylic acids is 2. The van der Waals surface area contributed by atoms with E-state index in [0.29, 0.717) is 16.3 Å². The first-order valence-corrected chi connectivity index (χ1v) is 13.0. The summed E-state index contributed by atoms with van der Waals surface area (Å²) in [4.78, 5) is 27.0. The van der Waals surface area contributed by atoms with Crippen LogP contribution in [0.2, 0.25) is 5.02 Å². The molecule has 38 heavy (non-hydrogen) atoms. The standard InChI is InChI=1S/C22H20ClFN2O2.C6H12N2.C2H6/c1-4-14(2)5-6-15(3)21(27)26-20-12-9-17(24)13-19(20)22(28)25-18-10-7-16(23)8-11-18;7-6-8-4-2-1-3-5-8;1-2/h4-13H,1H2,2-3H3,(H,25,28)(H,26,27);6-7H,1-5H2;1-2H3/b14-5-,15-6+;;. The summed E-state index contributed by atoms with van der Waals surface area (Å²) in [7, 11) is 0. The van der Waals surface area contributed by atoms with Crippen LogP contribution in [-0.4, -0.2) is 36.1 Å². The lowest BCUT2D eigenvalue weighted by molar-refractivity contribution is -0.112. The van der Waals surface area contributed by atoms with Gasteiger partial charge in [-0.2, -0.15) is 0 Å². The van der Waals surface area contributed by atoms with E-state index in [0.717, 1.165) is 24.7 Å². The van der Waals surface area contributed by atoms with Crippen molar-refractivity contribution in [3.63, 3.8) is 0 Å². The van der Waals surface area contributed by atoms with Gasteiger partial charge in [0.25, 0.3) is 11.8 Å². The number of carbonyl (C=O) groups is 2. The lowest BCUT2D eigenvalue weighted by Gasteiger charge is -2.22. The Morgan fingerprint density at radius 2 is 1.63 bits per heavy atom. The molecule has 204 valence electrons. The van der Waals surface area contributed by atoms with Crippen molar-refractivity contribution in [2.45, 2.75) is 47.0 Å². The maximum atomic E-state index is 13.7. The zero-order chi connectivity index (χ0) is 28.5. The van der Waals surface area contributed by atoms with Gasteiger partial charge in [-0.05, 0) is 75.6 Å². The second-order valence-corrected chi connectivity index (χ2v) is 8.73. The van der Waals surface area contributed by atoms with Gasteiger partial charge < -0.3 is 15.5 Å². The molecule has 6 nitrogen and oxygen atoms in total. The highest BCUT2D eigenvalue weighted by Gasteiger charge is 2.16. The van der Waals surface area contributed by atoms with E-state index in [9.17, 15) is 14.0 Å². The Morgan fingerprint density at radius 1 is 1.00 bits per heavy atom. The minimum Gasteiger partial charge on any atom is -0.363 e. The van der Waals surface area contributed by atoms with Gasteiger partial charge in [-0.3, -0.25) is 15.0 Å². The molecule has 0 spiro atoms. The lowest BCUT2D eigenvalue weighted by Crippen LogP contribution is -2.27. The zero-order valence-corrected chi connectivity index (χ0v) is 23.4. The van der Waals surface area contributed by atoms with Gasteiger partial charge in [0.15, 0.2) is 0 Å². The minimum absolute atomic E-state index is 0.00825. The first-order valence-electron chi connectivity index (χ1n) is 12.6. The molecule has 2 amide bonds. The Bertz CT molecular complexity index is 1140. The number of rotatable bonds is 7. The largest absolute Gasteiger partial charge is 0.363 e. The van der Waals surface area contributed by atoms with Crippen LogP contribution in [0.4, 0.5) is 15.8 Å². The first-order chi connectivity index (χ1) is 18.2. The smallest absolute Gasteiger partial charge is 0.257 e. The summed E-state index contributed by atoms with van der Waals surface area (Å²) in [6.07, 6.45) is 10.4. The Morgan fingerprint density at radius 3 is 2.18 bits per heavy atom. The molecule has 0 saturated carbocycles. The Kier molecular flexibility index (Phi) is 15.0. The predicted molar refractivity (Wildman–Crippen MR) is 158 cm³/mol. The molecular weight excluding hydrogens is 503 g/mol. The quantitative estimate of drug-likeness (QED) is 0.145. The van der Waals surface area contributed by atoms with Crippen molar-refractivity contribution in [2.75, 3.05) is 23.7 Å². The molecule has 0 aromatic heterocycles. The summed E-state index contributed by atoms with van der Waals surface area (Å²) < 4.78 is 13.7. The van der Waals surface area contributed by atoms with Gasteiger partial charge in [-0.15, -0.1) is 0 Å². The van der Waals surface area contributed by atoms with E-state index >= 15 is 0 Å². The molecule has 1 saturated heterocycles. The number of halogens is 2. The number of nitrogens with one attached hydrogen (secondary N) is 3. The van der Waals surface area contributed by atoms with Gasteiger partial charge in [-0.25, -0.2) is 4.39 Å². The Labute approximate surface area is 230 Å². The third-order valence-electron chi connectivity index (χ3n) is 5.43. The van der Waals surface area contributed by atoms with Gasteiger partial charge in [0.2, 0.25) is 0 Å². The van der Waals surface area contributed by atoms with Gasteiger partial charge in [-0.1, -0.05) is 55.8 Å². The zero-order valence-electron chi connectivity index (χ0n) is 22.6. The van der Waals surface area contributed by atoms with Gasteiger partial charge in [0.1, 0.15) is 5.82 Å². The number of allylic oxidation sites excluding steroid dienone is 4. The van der Waals surface area contributed by atoms with E-state index in [1.54, 1.807) is 49.4 Å². The van der Waals surface area contributed by atoms with E-state index < -0.39 is 17.6 Å². The predicted octanol–water partition coefficient (Wildman–Crippen LogP) is 7.85. The molecule has 0 atom stereocenters. The molecule has 2 aromatic carbocycles. The number of nitrogens with zero attached hydrogens (tertiary/aromatic N) is 1. The number of amides is 2. The second kappa shape index (κ2) is 17.7. The minimum atomic E-state index is -0.587. The van der Waals surface area contributed by atoms with E-state index in [-0.39, 0.29) is 11.3 Å². The number of hydrogen-bond acceptors (Lipinski definition) is 3. The third-order valence-corrected chi connectivity index (χ3v) is 5.68. The molecule has 3 N–H and O–H groups in total. The van der Waals surface area contributed by atoms with Gasteiger partial charge >= 0.3 is 0 Å². The number of piperidine rings is 1. The highest BCUT2D eigenvalue weighted by atomic mass is 35.5. The highest BCUT2D eigenvalue weighted by Crippen LogP contribution is 2.21. The molecule has 0 radical (unpaired) electrons. The molecule has 0 unspecified atom stereocenters. The van der Waals surface area contributed by atoms with E-state index in [1.165, 1.54) is 37.7 Å². The molecule has 0 bridgehead atoms. The second-order valence-electron chi connectivity index (χ2n) is 8.30. The van der Waals surface area contributed by atoms with Crippen molar-refractivity contribution >= 4 is 41.1 Å². The number of likely N-dealkylation sites (tertiary alicyclic amines) is 1. The van der Waals surface area contributed by atoms with Crippen LogP contribution in [0.15, 0.2) is 78.4 Å². The lowest BCUT2D eigenvalue weighted by atomic mass is 10.1. The maximum Gasteiger partial charge on any atom is 0.257 e. The topological polar surface area (TPSA) is 85.3 Å². The number of hydrogen-bond donors (Lipinski definition) is 3. The summed E-state index contributed by atoms with van der Waals surface area (Å²) >= 11 is 5.83. The number of benzene rings is 2. The Hall–Kier alpha value is -3.71. The molecule has 1 aliphatic heterocycles. The van der Waals surface area contributed by atoms with Crippen molar-refractivity contribution < 1.29 is 14.0 Å². The maximum absolute atomic E-state index is 13.7. The fourth-order valence-electron chi connectivity index (χ4n) is 3.21. The first kappa shape index (κ1) is 32.3. The van der Waals surface area contributed by atoms with Crippen LogP contribution in [0.25, 0.3) is 0 Å². The normalized spacial score (nSPS) is 13.2. The SMILES string of the molecule is C=C/C(C)=C\C=C(/C)C(=O)Nc1ccc(F)cc1C(=O)Nc1ccc(Cl)cc1.CC.N=CN1CCCCC1. The van der Waals surface area contributed by atoms with Crippen LogP contribution in [0.3, 0.4) is 0 Å². The highest BCUT2D eigenvalue weighted by molar-refractivity contribution is 6.30. The fourth-order valence-corrected chi connectivity index (χ4v) is 3.34. The van der Waals surface area contributed by atoms with Gasteiger partial charge in [0.05, 0.1) is 17.6 Å². The van der Waals surface area contributed by atoms with Crippen molar-refractivity contribution in [2.24, 2.45) is 0 Å². The number of anilines is 2. The average molecular weight is 541 g/mol. The molecule has 1 fully saturated rings. The van der Waals surface area contributed by atoms with Crippen LogP contribution in [0.1, 0.15) is 57.3 Å². The van der Waals surface area contributed by atoms with Crippen LogP contribution in [-0.2, 0) is 4.79 Å². The summed E-state index contributed by atoms with van der Waals surface area (Å²) in [5.74, 6) is -1.54. The van der Waals surface area contributed by atoms with Crippen molar-refractivity contribution in [3.05, 3.63) is 94.8 Å². The molecule has 2 aromatic rings. The van der Waals surface area contributed by atoms with Crippen LogP contribution < -0.4 is 10.6 Å². The molecule has 0 aliphatic carbocycles. The van der Waals surface area contributed by atoms with Crippen LogP contribution in [0.5, 0.6) is 0 Å². The third kappa shape index (κ3) is 11.6. The summed E-state index contributed by atoms with van der Waals surface area (Å²) in [6, 6.07) is 10.1. The van der Waals surface area contributed by atoms with Crippen LogP contribution >= 0.6 is 11.6 Å². The molecule has 3 rings (SSSR count). The van der Waals surface area contributed by atoms with Crippen LogP contribution in [0, 0.1) is 11.2 Å². The average Bonchev–Trinajstić information content (AvgIpc) is 2.95. The molecule has 1 heterocycles. The van der Waals surface area contributed by atoms with E-state index in [4.69, 9.17) is 17.0 Å². The summed E-state index contributed by atoms with van der Waals surface area (Å²) in [5, 5.41) is 12.7. The monoisotopic (exact) mass is 540 g/mol. The summed E-state index contributed by atoms with van der Waals surface area (Å²) in [6.45, 7) is 13.3. The van der Waals surface area contributed by atoms with E-state index in [2.05, 4.69) is 22.1 Å². The molecule has 8 heteroatoms. The molecule has 1 aliphatic rings. The van der Waals surface area contributed by atoms with E-state index in [1.807, 2.05) is 20.8 Å².